The number of amides is 1. The minimum Gasteiger partial charge on any atom is -0.366 e. The second kappa shape index (κ2) is 5.75. The van der Waals surface area contributed by atoms with E-state index in [0.717, 1.165) is 35.7 Å². The molecule has 1 fully saturated rings. The van der Waals surface area contributed by atoms with Crippen LogP contribution in [0.3, 0.4) is 0 Å². The van der Waals surface area contributed by atoms with Gasteiger partial charge in [-0.1, -0.05) is 25.1 Å². The molecule has 1 amide bonds. The normalized spacial score (nSPS) is 15.2. The molecule has 1 aliphatic carbocycles. The third-order valence-corrected chi connectivity index (χ3v) is 3.98. The number of hydrogen-bond donors (Lipinski definition) is 2. The summed E-state index contributed by atoms with van der Waals surface area (Å²) in [5.41, 5.74) is 2.01. The molecule has 0 bridgehead atoms. The molecule has 1 aromatic heterocycles. The summed E-state index contributed by atoms with van der Waals surface area (Å²) in [6, 6.07) is 9.62. The number of aromatic nitrogens is 2. The van der Waals surface area contributed by atoms with Crippen LogP contribution in [0, 0.1) is 0 Å². The van der Waals surface area contributed by atoms with Crippen molar-refractivity contribution >= 4 is 17.4 Å². The molecule has 1 aliphatic rings. The number of para-hydroxylation sites is 1. The average molecular weight is 296 g/mol. The highest BCUT2D eigenvalue weighted by Gasteiger charge is 2.42. The summed E-state index contributed by atoms with van der Waals surface area (Å²) < 4.78 is 0. The second-order valence-corrected chi connectivity index (χ2v) is 6.02. The smallest absolute Gasteiger partial charge is 0.221 e. The van der Waals surface area contributed by atoms with E-state index >= 15 is 0 Å². The highest BCUT2D eigenvalue weighted by atomic mass is 16.1. The van der Waals surface area contributed by atoms with Crippen molar-refractivity contribution in [3.63, 3.8) is 0 Å². The zero-order chi connectivity index (χ0) is 15.6. The van der Waals surface area contributed by atoms with Crippen molar-refractivity contribution in [1.29, 1.82) is 0 Å². The van der Waals surface area contributed by atoms with E-state index in [9.17, 15) is 4.79 Å². The van der Waals surface area contributed by atoms with Gasteiger partial charge < -0.3 is 10.6 Å². The molecule has 0 aliphatic heterocycles. The van der Waals surface area contributed by atoms with E-state index in [-0.39, 0.29) is 11.3 Å². The fraction of sp³-hybridized carbons (Fsp3) is 0.353. The van der Waals surface area contributed by atoms with Crippen LogP contribution in [-0.4, -0.2) is 15.9 Å². The van der Waals surface area contributed by atoms with Crippen LogP contribution in [0.2, 0.25) is 0 Å². The van der Waals surface area contributed by atoms with E-state index in [0.29, 0.717) is 6.54 Å². The lowest BCUT2D eigenvalue weighted by atomic mass is 10.1. The Morgan fingerprint density at radius 1 is 1.27 bits per heavy atom. The Hall–Kier alpha value is -2.43. The number of nitrogens with one attached hydrogen (secondary N) is 2. The summed E-state index contributed by atoms with van der Waals surface area (Å²) in [6.07, 6.45) is 4.11. The Bertz CT molecular complexity index is 695. The number of carbonyl (C=O) groups is 1. The van der Waals surface area contributed by atoms with Gasteiger partial charge in [0.1, 0.15) is 11.6 Å². The van der Waals surface area contributed by atoms with Crippen LogP contribution in [-0.2, 0) is 16.8 Å². The Morgan fingerprint density at radius 2 is 2.05 bits per heavy atom. The Balaban J connectivity index is 1.72. The van der Waals surface area contributed by atoms with Crippen molar-refractivity contribution in [1.82, 2.24) is 9.97 Å². The number of anilines is 2. The molecule has 2 aromatic rings. The van der Waals surface area contributed by atoms with E-state index in [1.165, 1.54) is 6.92 Å². The van der Waals surface area contributed by atoms with Crippen LogP contribution in [0.15, 0.2) is 36.5 Å². The molecule has 2 N–H and O–H groups in total. The van der Waals surface area contributed by atoms with Crippen molar-refractivity contribution in [2.45, 2.75) is 38.6 Å². The summed E-state index contributed by atoms with van der Waals surface area (Å²) in [6.45, 7) is 4.30. The van der Waals surface area contributed by atoms with Gasteiger partial charge in [0.15, 0.2) is 0 Å². The second-order valence-electron chi connectivity index (χ2n) is 6.02. The monoisotopic (exact) mass is 296 g/mol. The lowest BCUT2D eigenvalue weighted by molar-refractivity contribution is -0.114. The molecule has 0 unspecified atom stereocenters. The molecule has 5 nitrogen and oxygen atoms in total. The molecule has 0 radical (unpaired) electrons. The van der Waals surface area contributed by atoms with E-state index in [4.69, 9.17) is 0 Å². The van der Waals surface area contributed by atoms with Gasteiger partial charge in [-0.05, 0) is 30.5 Å². The van der Waals surface area contributed by atoms with Crippen LogP contribution in [0.25, 0.3) is 0 Å². The van der Waals surface area contributed by atoms with Crippen molar-refractivity contribution in [2.24, 2.45) is 0 Å². The van der Waals surface area contributed by atoms with Gasteiger partial charge in [-0.25, -0.2) is 9.97 Å². The summed E-state index contributed by atoms with van der Waals surface area (Å²) in [5, 5.41) is 6.16. The maximum Gasteiger partial charge on any atom is 0.221 e. The van der Waals surface area contributed by atoms with E-state index < -0.39 is 0 Å². The van der Waals surface area contributed by atoms with Crippen LogP contribution in [0.4, 0.5) is 11.5 Å². The van der Waals surface area contributed by atoms with Gasteiger partial charge in [0.25, 0.3) is 0 Å². The van der Waals surface area contributed by atoms with Crippen molar-refractivity contribution in [2.75, 3.05) is 10.6 Å². The first-order valence-corrected chi connectivity index (χ1v) is 7.50. The molecule has 0 spiro atoms. The summed E-state index contributed by atoms with van der Waals surface area (Å²) in [5.74, 6) is 1.65. The molecule has 0 saturated heterocycles. The van der Waals surface area contributed by atoms with Crippen LogP contribution in [0.5, 0.6) is 0 Å². The highest BCUT2D eigenvalue weighted by Crippen LogP contribution is 2.45. The van der Waals surface area contributed by atoms with Gasteiger partial charge in [-0.15, -0.1) is 0 Å². The first kappa shape index (κ1) is 14.5. The maximum absolute atomic E-state index is 11.2. The third kappa shape index (κ3) is 3.24. The highest BCUT2D eigenvalue weighted by molar-refractivity contribution is 5.89. The number of carbonyl (C=O) groups excluding carboxylic acids is 1. The molecule has 22 heavy (non-hydrogen) atoms. The molecular weight excluding hydrogens is 276 g/mol. The summed E-state index contributed by atoms with van der Waals surface area (Å²) in [4.78, 5) is 20.2. The average Bonchev–Trinajstić information content (AvgIpc) is 3.25. The number of nitrogens with zero attached hydrogens (tertiary/aromatic N) is 2. The van der Waals surface area contributed by atoms with Gasteiger partial charge in [-0.2, -0.15) is 0 Å². The topological polar surface area (TPSA) is 66.9 Å². The maximum atomic E-state index is 11.2. The van der Waals surface area contributed by atoms with Gasteiger partial charge in [0.2, 0.25) is 5.91 Å². The van der Waals surface area contributed by atoms with E-state index in [1.54, 1.807) is 6.20 Å². The fourth-order valence-corrected chi connectivity index (χ4v) is 2.33. The van der Waals surface area contributed by atoms with Crippen molar-refractivity contribution < 1.29 is 4.79 Å². The first-order valence-electron chi connectivity index (χ1n) is 7.50. The predicted molar refractivity (Wildman–Crippen MR) is 86.7 cm³/mol. The van der Waals surface area contributed by atoms with Crippen LogP contribution < -0.4 is 10.6 Å². The van der Waals surface area contributed by atoms with Gasteiger partial charge in [-0.3, -0.25) is 4.79 Å². The fourth-order valence-electron chi connectivity index (χ4n) is 2.33. The Labute approximate surface area is 130 Å². The summed E-state index contributed by atoms with van der Waals surface area (Å²) >= 11 is 0. The Kier molecular flexibility index (Phi) is 3.79. The minimum atomic E-state index is -0.0709. The SMILES string of the molecule is CC(=O)Nc1ccccc1CNc1ccnc(C2(C)CC2)n1. The van der Waals surface area contributed by atoms with Crippen LogP contribution >= 0.6 is 0 Å². The third-order valence-electron chi connectivity index (χ3n) is 3.98. The predicted octanol–water partition coefficient (Wildman–Crippen LogP) is 3.10. The van der Waals surface area contributed by atoms with Gasteiger partial charge in [0, 0.05) is 30.8 Å². The zero-order valence-electron chi connectivity index (χ0n) is 12.9. The van der Waals surface area contributed by atoms with Crippen molar-refractivity contribution in [3.8, 4) is 0 Å². The van der Waals surface area contributed by atoms with E-state index in [1.807, 2.05) is 30.3 Å². The van der Waals surface area contributed by atoms with Crippen molar-refractivity contribution in [3.05, 3.63) is 47.9 Å². The molecule has 1 aromatic carbocycles. The van der Waals surface area contributed by atoms with Gasteiger partial charge >= 0.3 is 0 Å². The largest absolute Gasteiger partial charge is 0.366 e. The molecule has 3 rings (SSSR count). The standard InChI is InChI=1S/C17H20N4O/c1-12(22)20-14-6-4-3-5-13(14)11-19-15-7-10-18-16(21-15)17(2)8-9-17/h3-7,10H,8-9,11H2,1-2H3,(H,20,22)(H,18,19,21). The molecule has 1 heterocycles. The van der Waals surface area contributed by atoms with E-state index in [2.05, 4.69) is 27.5 Å². The molecule has 0 atom stereocenters. The first-order chi connectivity index (χ1) is 10.6. The molecule has 114 valence electrons. The lowest BCUT2D eigenvalue weighted by Gasteiger charge is -2.12. The quantitative estimate of drug-likeness (QED) is 0.889. The molecule has 1 saturated carbocycles. The number of hydrogen-bond acceptors (Lipinski definition) is 4. The zero-order valence-corrected chi connectivity index (χ0v) is 12.9. The Morgan fingerprint density at radius 3 is 2.77 bits per heavy atom. The minimum absolute atomic E-state index is 0.0709. The van der Waals surface area contributed by atoms with Gasteiger partial charge in [0.05, 0.1) is 0 Å². The number of rotatable bonds is 5. The lowest BCUT2D eigenvalue weighted by Crippen LogP contribution is -2.12. The van der Waals surface area contributed by atoms with Crippen LogP contribution in [0.1, 0.15) is 38.1 Å². The summed E-state index contributed by atoms with van der Waals surface area (Å²) in [7, 11) is 0. The molecule has 5 heteroatoms. The number of benzene rings is 1. The molecular formula is C17H20N4O.